The monoisotopic (exact) mass is 648 g/mol. The zero-order chi connectivity index (χ0) is 32.3. The summed E-state index contributed by atoms with van der Waals surface area (Å²) >= 11 is 0. The van der Waals surface area contributed by atoms with E-state index in [9.17, 15) is 4.57 Å². The molecule has 0 aromatic heterocycles. The molecule has 0 aliphatic heterocycles. The highest BCUT2D eigenvalue weighted by Gasteiger charge is 2.28. The van der Waals surface area contributed by atoms with Gasteiger partial charge in [0.05, 0.1) is 40.1 Å². The molecule has 260 valence electrons. The summed E-state index contributed by atoms with van der Waals surface area (Å²) in [5.74, 6) is 0. The minimum absolute atomic E-state index is 0.545. The van der Waals surface area contributed by atoms with Gasteiger partial charge in [0.2, 0.25) is 7.37 Å². The first kappa shape index (κ1) is 43.4. The van der Waals surface area contributed by atoms with E-state index >= 15 is 0 Å². The quantitative estimate of drug-likeness (QED) is 0.0403. The molecule has 1 unspecified atom stereocenters. The molecule has 0 N–H and O–H groups in total. The molecule has 0 spiro atoms. The van der Waals surface area contributed by atoms with Gasteiger partial charge in [-0.25, -0.2) is 0 Å². The van der Waals surface area contributed by atoms with Crippen LogP contribution >= 0.6 is 14.3 Å². The Bertz CT molecular complexity index is 661. The van der Waals surface area contributed by atoms with E-state index in [2.05, 4.69) is 46.7 Å². The van der Waals surface area contributed by atoms with Gasteiger partial charge in [0.1, 0.15) is 0 Å². The van der Waals surface area contributed by atoms with Crippen molar-refractivity contribution in [3.63, 3.8) is 0 Å². The standard InChI is InChI=1S/C37H81N2O2P2/c1-9-14-15-16-17-18-19-20-21-22-23-24-25-26-27-28-31-39(6,7)32-29-30-38(36-42(8,33-10-2)34-11-3)37-43(40,35-12-4)41-13-5/h8-37H2,1-7H3/q+1. The highest BCUT2D eigenvalue weighted by atomic mass is 31.2. The zero-order valence-electron chi connectivity index (χ0n) is 30.8. The number of quaternary nitrogens is 1. The zero-order valence-corrected chi connectivity index (χ0v) is 32.6. The molecule has 0 heterocycles. The molecule has 0 aromatic carbocycles. The van der Waals surface area contributed by atoms with Crippen LogP contribution in [0.25, 0.3) is 0 Å². The summed E-state index contributed by atoms with van der Waals surface area (Å²) in [5.41, 5.74) is 0. The molecular weight excluding hydrogens is 566 g/mol. The van der Waals surface area contributed by atoms with Crippen molar-refractivity contribution in [2.24, 2.45) is 0 Å². The minimum atomic E-state index is -2.62. The van der Waals surface area contributed by atoms with Gasteiger partial charge in [0.25, 0.3) is 0 Å². The maximum absolute atomic E-state index is 13.7. The van der Waals surface area contributed by atoms with Crippen LogP contribution in [0.15, 0.2) is 0 Å². The van der Waals surface area contributed by atoms with Crippen molar-refractivity contribution >= 4 is 20.6 Å². The summed E-state index contributed by atoms with van der Waals surface area (Å²) in [4.78, 5) is 2.52. The fourth-order valence-electron chi connectivity index (χ4n) is 6.79. The van der Waals surface area contributed by atoms with E-state index in [4.69, 9.17) is 10.8 Å². The summed E-state index contributed by atoms with van der Waals surface area (Å²) in [5, 5.41) is 0. The Morgan fingerprint density at radius 3 is 1.40 bits per heavy atom. The van der Waals surface area contributed by atoms with Gasteiger partial charge in [-0.15, -0.1) is 0 Å². The van der Waals surface area contributed by atoms with Crippen LogP contribution in [-0.4, -0.2) is 87.1 Å². The first-order chi connectivity index (χ1) is 20.6. The van der Waals surface area contributed by atoms with Crippen LogP contribution in [-0.2, 0) is 9.09 Å². The molecule has 4 nitrogen and oxygen atoms in total. The van der Waals surface area contributed by atoms with Crippen molar-refractivity contribution in [2.75, 3.05) is 71.4 Å². The van der Waals surface area contributed by atoms with Crippen LogP contribution in [0.4, 0.5) is 0 Å². The summed E-state index contributed by atoms with van der Waals surface area (Å²) in [7, 11) is 2.20. The molecule has 0 radical (unpaired) electrons. The van der Waals surface area contributed by atoms with E-state index in [1.807, 2.05) is 6.92 Å². The number of rotatable bonds is 33. The normalized spacial score (nSPS) is 14.0. The molecule has 1 atom stereocenters. The fourth-order valence-corrected chi connectivity index (χ4v) is 12.8. The molecule has 0 amide bonds. The number of nitrogens with zero attached hydrogens (tertiary/aromatic N) is 2. The third-order valence-corrected chi connectivity index (χ3v) is 15.6. The van der Waals surface area contributed by atoms with Gasteiger partial charge in [-0.1, -0.05) is 144 Å². The lowest BCUT2D eigenvalue weighted by Crippen LogP contribution is -2.42. The highest BCUT2D eigenvalue weighted by molar-refractivity contribution is 7.73. The Kier molecular flexibility index (Phi) is 27.8. The molecule has 0 aliphatic carbocycles. The molecule has 6 heteroatoms. The Labute approximate surface area is 272 Å². The molecule has 0 rings (SSSR count). The molecule has 0 fully saturated rings. The number of unbranched alkanes of at least 4 members (excludes halogenated alkanes) is 15. The number of hydrogen-bond donors (Lipinski definition) is 0. The molecular formula is C37H81N2O2P2+. The molecule has 0 aromatic rings. The molecule has 43 heavy (non-hydrogen) atoms. The Hall–Kier alpha value is 0.410. The minimum Gasteiger partial charge on any atom is -0.328 e. The van der Waals surface area contributed by atoms with Crippen LogP contribution in [0.2, 0.25) is 0 Å². The summed E-state index contributed by atoms with van der Waals surface area (Å²) in [6.07, 6.45) is 37.0. The predicted molar refractivity (Wildman–Crippen MR) is 201 cm³/mol. The SMILES string of the molecule is C=P(CCC)(CCC)CN(CCC[N+](C)(C)CCCCCCCCCCCCCCCCCC)CP(=O)(CCC)OCC. The maximum atomic E-state index is 13.7. The third-order valence-electron chi connectivity index (χ3n) is 9.09. The van der Waals surface area contributed by atoms with Gasteiger partial charge < -0.3 is 9.01 Å². The lowest BCUT2D eigenvalue weighted by atomic mass is 10.0. The van der Waals surface area contributed by atoms with E-state index in [0.717, 1.165) is 30.2 Å². The van der Waals surface area contributed by atoms with Gasteiger partial charge in [-0.3, -0.25) is 9.46 Å². The highest BCUT2D eigenvalue weighted by Crippen LogP contribution is 2.52. The largest absolute Gasteiger partial charge is 0.328 e. The third kappa shape index (κ3) is 25.2. The lowest BCUT2D eigenvalue weighted by Gasteiger charge is -2.35. The van der Waals surface area contributed by atoms with Crippen molar-refractivity contribution in [1.82, 2.24) is 4.90 Å². The van der Waals surface area contributed by atoms with Gasteiger partial charge in [-0.2, -0.15) is 0 Å². The average Bonchev–Trinajstić information content (AvgIpc) is 2.93. The van der Waals surface area contributed by atoms with Crippen LogP contribution in [0.5, 0.6) is 0 Å². The van der Waals surface area contributed by atoms with Gasteiger partial charge in [-0.05, 0) is 38.5 Å². The molecule has 0 bridgehead atoms. The lowest BCUT2D eigenvalue weighted by molar-refractivity contribution is -0.890. The second kappa shape index (κ2) is 27.5. The van der Waals surface area contributed by atoms with E-state index < -0.39 is 14.3 Å². The summed E-state index contributed by atoms with van der Waals surface area (Å²) in [6.45, 7) is 13.7. The second-order valence-electron chi connectivity index (χ2n) is 14.5. The van der Waals surface area contributed by atoms with Crippen LogP contribution in [0.3, 0.4) is 0 Å². The predicted octanol–water partition coefficient (Wildman–Crippen LogP) is 11.9. The van der Waals surface area contributed by atoms with E-state index in [0.29, 0.717) is 19.1 Å². The van der Waals surface area contributed by atoms with Crippen LogP contribution in [0.1, 0.15) is 163 Å². The van der Waals surface area contributed by atoms with Gasteiger partial charge in [0, 0.05) is 25.4 Å². The molecule has 0 saturated carbocycles. The topological polar surface area (TPSA) is 29.5 Å². The van der Waals surface area contributed by atoms with Crippen LogP contribution < -0.4 is 0 Å². The number of hydrogen-bond acceptors (Lipinski definition) is 3. The van der Waals surface area contributed by atoms with Crippen LogP contribution in [0, 0.1) is 0 Å². The van der Waals surface area contributed by atoms with Crippen molar-refractivity contribution in [2.45, 2.75) is 163 Å². The van der Waals surface area contributed by atoms with Gasteiger partial charge in [0.15, 0.2) is 0 Å². The Morgan fingerprint density at radius 2 is 0.977 bits per heavy atom. The van der Waals surface area contributed by atoms with Crippen molar-refractivity contribution in [1.29, 1.82) is 0 Å². The second-order valence-corrected chi connectivity index (χ2v) is 20.9. The Morgan fingerprint density at radius 1 is 0.558 bits per heavy atom. The molecule has 0 saturated heterocycles. The van der Waals surface area contributed by atoms with E-state index in [-0.39, 0.29) is 0 Å². The maximum Gasteiger partial charge on any atom is 0.216 e. The summed E-state index contributed by atoms with van der Waals surface area (Å²) in [6, 6.07) is 0. The van der Waals surface area contributed by atoms with Gasteiger partial charge >= 0.3 is 0 Å². The summed E-state index contributed by atoms with van der Waals surface area (Å²) < 4.78 is 20.7. The first-order valence-electron chi connectivity index (χ1n) is 19.1. The average molecular weight is 648 g/mol. The first-order valence-corrected chi connectivity index (χ1v) is 23.6. The van der Waals surface area contributed by atoms with E-state index in [1.165, 1.54) is 141 Å². The fraction of sp³-hybridized carbons (Fsp3) is 0.973. The Balaban J connectivity index is 4.36. The van der Waals surface area contributed by atoms with Crippen molar-refractivity contribution in [3.05, 3.63) is 0 Å². The van der Waals surface area contributed by atoms with Crippen molar-refractivity contribution < 1.29 is 13.6 Å². The van der Waals surface area contributed by atoms with Crippen molar-refractivity contribution in [3.8, 4) is 0 Å². The molecule has 0 aliphatic rings. The van der Waals surface area contributed by atoms with E-state index in [1.54, 1.807) is 0 Å². The smallest absolute Gasteiger partial charge is 0.216 e.